The van der Waals surface area contributed by atoms with E-state index in [2.05, 4.69) is 16.3 Å². The van der Waals surface area contributed by atoms with Crippen LogP contribution in [0.5, 0.6) is 0 Å². The lowest BCUT2D eigenvalue weighted by Crippen LogP contribution is -2.35. The molecule has 1 amide bonds. The summed E-state index contributed by atoms with van der Waals surface area (Å²) in [6, 6.07) is 9.20. The second-order valence-corrected chi connectivity index (χ2v) is 5.25. The van der Waals surface area contributed by atoms with Crippen molar-refractivity contribution in [2.24, 2.45) is 0 Å². The monoisotopic (exact) mass is 271 g/mol. The van der Waals surface area contributed by atoms with Crippen LogP contribution in [-0.4, -0.2) is 30.4 Å². The van der Waals surface area contributed by atoms with Gasteiger partial charge in [-0.2, -0.15) is 5.26 Å². The number of nitrogens with one attached hydrogen (secondary N) is 1. The van der Waals surface area contributed by atoms with Crippen LogP contribution in [0.1, 0.15) is 37.7 Å². The summed E-state index contributed by atoms with van der Waals surface area (Å²) in [4.78, 5) is 14.3. The minimum atomic E-state index is -0.0340. The molecule has 1 fully saturated rings. The highest BCUT2D eigenvalue weighted by atomic mass is 16.2. The number of rotatable bonds is 3. The molecule has 0 spiro atoms. The normalized spacial score (nSPS) is 16.8. The standard InChI is InChI=1S/C16H21N3O/c17-12-14-8-4-5-9-15(14)18-16(20)13-19-10-6-2-1-3-7-11-19/h4-5,8-9H,1-3,6-7,10-11,13H2,(H,18,20). The number of benzene rings is 1. The van der Waals surface area contributed by atoms with Crippen molar-refractivity contribution in [3.63, 3.8) is 0 Å². The minimum Gasteiger partial charge on any atom is -0.324 e. The number of carbonyl (C=O) groups is 1. The van der Waals surface area contributed by atoms with Gasteiger partial charge in [0.25, 0.3) is 0 Å². The molecule has 0 radical (unpaired) electrons. The van der Waals surface area contributed by atoms with E-state index in [0.29, 0.717) is 17.8 Å². The summed E-state index contributed by atoms with van der Waals surface area (Å²) < 4.78 is 0. The van der Waals surface area contributed by atoms with E-state index in [1.165, 1.54) is 32.1 Å². The molecule has 1 aromatic rings. The summed E-state index contributed by atoms with van der Waals surface area (Å²) in [6.45, 7) is 2.40. The van der Waals surface area contributed by atoms with Gasteiger partial charge in [-0.15, -0.1) is 0 Å². The van der Waals surface area contributed by atoms with Crippen molar-refractivity contribution in [3.05, 3.63) is 29.8 Å². The lowest BCUT2D eigenvalue weighted by molar-refractivity contribution is -0.117. The third-order valence-corrected chi connectivity index (χ3v) is 3.64. The molecule has 0 unspecified atom stereocenters. The van der Waals surface area contributed by atoms with Crippen molar-refractivity contribution >= 4 is 11.6 Å². The number of anilines is 1. The van der Waals surface area contributed by atoms with Crippen LogP contribution in [0.3, 0.4) is 0 Å². The van der Waals surface area contributed by atoms with E-state index in [9.17, 15) is 4.79 Å². The SMILES string of the molecule is N#Cc1ccccc1NC(=O)CN1CCCCCCC1. The van der Waals surface area contributed by atoms with Crippen LogP contribution >= 0.6 is 0 Å². The number of likely N-dealkylation sites (tertiary alicyclic amines) is 1. The predicted molar refractivity (Wildman–Crippen MR) is 79.3 cm³/mol. The molecule has 1 aliphatic heterocycles. The number of carbonyl (C=O) groups excluding carboxylic acids is 1. The summed E-state index contributed by atoms with van der Waals surface area (Å²) in [6.07, 6.45) is 6.17. The van der Waals surface area contributed by atoms with Gasteiger partial charge in [0.2, 0.25) is 5.91 Å². The Morgan fingerprint density at radius 3 is 2.50 bits per heavy atom. The molecule has 0 saturated carbocycles. The zero-order chi connectivity index (χ0) is 14.2. The smallest absolute Gasteiger partial charge is 0.238 e. The van der Waals surface area contributed by atoms with E-state index in [0.717, 1.165) is 13.1 Å². The lowest BCUT2D eigenvalue weighted by atomic mass is 10.1. The van der Waals surface area contributed by atoms with Crippen molar-refractivity contribution in [1.29, 1.82) is 5.26 Å². The first kappa shape index (κ1) is 14.5. The van der Waals surface area contributed by atoms with Gasteiger partial charge in [-0.3, -0.25) is 9.69 Å². The van der Waals surface area contributed by atoms with Gasteiger partial charge in [-0.25, -0.2) is 0 Å². The van der Waals surface area contributed by atoms with Crippen LogP contribution in [0, 0.1) is 11.3 Å². The molecule has 0 atom stereocenters. The molecule has 1 N–H and O–H groups in total. The van der Waals surface area contributed by atoms with Gasteiger partial charge < -0.3 is 5.32 Å². The zero-order valence-electron chi connectivity index (χ0n) is 11.8. The average Bonchev–Trinajstić information content (AvgIpc) is 2.42. The largest absolute Gasteiger partial charge is 0.324 e. The Balaban J connectivity index is 1.89. The highest BCUT2D eigenvalue weighted by Gasteiger charge is 2.13. The first-order valence-corrected chi connectivity index (χ1v) is 7.31. The van der Waals surface area contributed by atoms with Crippen LogP contribution < -0.4 is 5.32 Å². The molecule has 1 aliphatic rings. The molecule has 2 rings (SSSR count). The van der Waals surface area contributed by atoms with Gasteiger partial charge in [0.15, 0.2) is 0 Å². The van der Waals surface area contributed by atoms with Crippen molar-refractivity contribution in [2.45, 2.75) is 32.1 Å². The summed E-state index contributed by atoms with van der Waals surface area (Å²) in [5.41, 5.74) is 1.11. The quantitative estimate of drug-likeness (QED) is 0.919. The van der Waals surface area contributed by atoms with Crippen molar-refractivity contribution in [3.8, 4) is 6.07 Å². The maximum Gasteiger partial charge on any atom is 0.238 e. The summed E-state index contributed by atoms with van der Waals surface area (Å²) in [5, 5.41) is 11.9. The molecule has 0 aliphatic carbocycles. The zero-order valence-corrected chi connectivity index (χ0v) is 11.8. The Hall–Kier alpha value is -1.86. The molecular formula is C16H21N3O. The number of nitriles is 1. The second-order valence-electron chi connectivity index (χ2n) is 5.25. The topological polar surface area (TPSA) is 56.1 Å². The molecule has 20 heavy (non-hydrogen) atoms. The lowest BCUT2D eigenvalue weighted by Gasteiger charge is -2.23. The van der Waals surface area contributed by atoms with E-state index < -0.39 is 0 Å². The fraction of sp³-hybridized carbons (Fsp3) is 0.500. The fourth-order valence-corrected chi connectivity index (χ4v) is 2.55. The average molecular weight is 271 g/mol. The second kappa shape index (κ2) is 7.66. The van der Waals surface area contributed by atoms with Crippen LogP contribution in [0.15, 0.2) is 24.3 Å². The van der Waals surface area contributed by atoms with E-state index >= 15 is 0 Å². The number of hydrogen-bond acceptors (Lipinski definition) is 3. The summed E-state index contributed by atoms with van der Waals surface area (Å²) in [7, 11) is 0. The van der Waals surface area contributed by atoms with E-state index in [-0.39, 0.29) is 5.91 Å². The van der Waals surface area contributed by atoms with E-state index in [1.54, 1.807) is 18.2 Å². The summed E-state index contributed by atoms with van der Waals surface area (Å²) >= 11 is 0. The van der Waals surface area contributed by atoms with Gasteiger partial charge in [0, 0.05) is 0 Å². The van der Waals surface area contributed by atoms with Crippen LogP contribution in [-0.2, 0) is 4.79 Å². The van der Waals surface area contributed by atoms with Crippen molar-refractivity contribution in [1.82, 2.24) is 4.90 Å². The summed E-state index contributed by atoms with van der Waals surface area (Å²) in [5.74, 6) is -0.0340. The molecular weight excluding hydrogens is 250 g/mol. The minimum absolute atomic E-state index is 0.0340. The van der Waals surface area contributed by atoms with E-state index in [1.807, 2.05) is 6.07 Å². The fourth-order valence-electron chi connectivity index (χ4n) is 2.55. The molecule has 106 valence electrons. The molecule has 4 heteroatoms. The maximum atomic E-state index is 12.1. The Kier molecular flexibility index (Phi) is 5.57. The molecule has 4 nitrogen and oxygen atoms in total. The highest BCUT2D eigenvalue weighted by molar-refractivity contribution is 5.93. The van der Waals surface area contributed by atoms with E-state index in [4.69, 9.17) is 5.26 Å². The first-order valence-electron chi connectivity index (χ1n) is 7.31. The van der Waals surface area contributed by atoms with Gasteiger partial charge >= 0.3 is 0 Å². The van der Waals surface area contributed by atoms with Crippen molar-refractivity contribution < 1.29 is 4.79 Å². The first-order chi connectivity index (χ1) is 9.79. The van der Waals surface area contributed by atoms with Gasteiger partial charge in [-0.1, -0.05) is 31.4 Å². The molecule has 1 aromatic carbocycles. The molecule has 0 aromatic heterocycles. The van der Waals surface area contributed by atoms with Crippen molar-refractivity contribution in [2.75, 3.05) is 25.0 Å². The number of amides is 1. The number of para-hydroxylation sites is 1. The van der Waals surface area contributed by atoms with Crippen LogP contribution in [0.25, 0.3) is 0 Å². The molecule has 1 saturated heterocycles. The third kappa shape index (κ3) is 4.36. The Labute approximate surface area is 120 Å². The molecule has 0 bridgehead atoms. The van der Waals surface area contributed by atoms with Gasteiger partial charge in [0.05, 0.1) is 17.8 Å². The number of nitrogens with zero attached hydrogens (tertiary/aromatic N) is 2. The number of hydrogen-bond donors (Lipinski definition) is 1. The molecule has 1 heterocycles. The highest BCUT2D eigenvalue weighted by Crippen LogP contribution is 2.14. The maximum absolute atomic E-state index is 12.1. The Bertz CT molecular complexity index is 485. The Morgan fingerprint density at radius 1 is 1.15 bits per heavy atom. The predicted octanol–water partition coefficient (Wildman–Crippen LogP) is 2.76. The van der Waals surface area contributed by atoms with Gasteiger partial charge in [0.1, 0.15) is 6.07 Å². The van der Waals surface area contributed by atoms with Crippen LogP contribution in [0.4, 0.5) is 5.69 Å². The third-order valence-electron chi connectivity index (χ3n) is 3.64. The van der Waals surface area contributed by atoms with Crippen LogP contribution in [0.2, 0.25) is 0 Å². The Morgan fingerprint density at radius 2 is 1.80 bits per heavy atom. The van der Waals surface area contributed by atoms with Gasteiger partial charge in [-0.05, 0) is 38.1 Å².